The Kier molecular flexibility index (Phi) is 2.63. The summed E-state index contributed by atoms with van der Waals surface area (Å²) in [4.78, 5) is 32.9. The van der Waals surface area contributed by atoms with Gasteiger partial charge in [0.25, 0.3) is 5.56 Å². The number of fused-ring (bicyclic) bond motifs is 1. The Balaban J connectivity index is 1.81. The molecule has 0 aromatic carbocycles. The van der Waals surface area contributed by atoms with Gasteiger partial charge in [-0.1, -0.05) is 0 Å². The number of aromatic nitrogens is 5. The van der Waals surface area contributed by atoms with E-state index >= 15 is 0 Å². The maximum atomic E-state index is 12.3. The molecule has 1 aliphatic rings. The molecule has 0 radical (unpaired) electrons. The van der Waals surface area contributed by atoms with Crippen molar-refractivity contribution in [1.29, 1.82) is 0 Å². The summed E-state index contributed by atoms with van der Waals surface area (Å²) in [5.41, 5.74) is 0.762. The van der Waals surface area contributed by atoms with E-state index in [0.29, 0.717) is 23.6 Å². The highest BCUT2D eigenvalue weighted by atomic mass is 16.3. The van der Waals surface area contributed by atoms with Gasteiger partial charge in [-0.25, -0.2) is 14.8 Å². The summed E-state index contributed by atoms with van der Waals surface area (Å²) < 4.78 is 9.61. The average molecular weight is 301 g/mol. The van der Waals surface area contributed by atoms with E-state index < -0.39 is 0 Å². The van der Waals surface area contributed by atoms with Gasteiger partial charge in [-0.05, 0) is 12.8 Å². The van der Waals surface area contributed by atoms with Gasteiger partial charge in [-0.2, -0.15) is 0 Å². The fourth-order valence-corrected chi connectivity index (χ4v) is 2.60. The van der Waals surface area contributed by atoms with Crippen LogP contribution in [0.4, 0.5) is 0 Å². The highest BCUT2D eigenvalue weighted by Gasteiger charge is 2.28. The van der Waals surface area contributed by atoms with Crippen LogP contribution in [0.25, 0.3) is 11.2 Å². The molecule has 1 fully saturated rings. The molecular weight excluding hydrogens is 286 g/mol. The molecule has 3 aromatic rings. The second-order valence-electron chi connectivity index (χ2n) is 5.70. The standard InChI is InChI=1S/C14H15N5O3/c1-17-11-10(13(20)18(2)14(17)21)19(7-15-11)5-9-6-22-12(16-9)8-3-4-8/h6-8H,3-5H2,1-2H3. The smallest absolute Gasteiger partial charge is 0.332 e. The van der Waals surface area contributed by atoms with Crippen molar-refractivity contribution in [1.82, 2.24) is 23.7 Å². The molecule has 114 valence electrons. The third-order valence-corrected chi connectivity index (χ3v) is 4.05. The molecule has 0 aliphatic heterocycles. The first-order chi connectivity index (χ1) is 10.6. The highest BCUT2D eigenvalue weighted by molar-refractivity contribution is 5.70. The highest BCUT2D eigenvalue weighted by Crippen LogP contribution is 2.39. The van der Waals surface area contributed by atoms with Gasteiger partial charge in [0.05, 0.1) is 18.6 Å². The Labute approximate surface area is 124 Å². The van der Waals surface area contributed by atoms with Crippen LogP contribution in [0, 0.1) is 0 Å². The second-order valence-corrected chi connectivity index (χ2v) is 5.70. The zero-order valence-electron chi connectivity index (χ0n) is 12.3. The lowest BCUT2D eigenvalue weighted by Crippen LogP contribution is -2.37. The fraction of sp³-hybridized carbons (Fsp3) is 0.429. The van der Waals surface area contributed by atoms with E-state index in [-0.39, 0.29) is 11.2 Å². The van der Waals surface area contributed by atoms with Gasteiger partial charge < -0.3 is 8.98 Å². The first-order valence-corrected chi connectivity index (χ1v) is 7.11. The molecule has 8 heteroatoms. The van der Waals surface area contributed by atoms with Crippen molar-refractivity contribution in [3.8, 4) is 0 Å². The lowest BCUT2D eigenvalue weighted by molar-refractivity contribution is 0.496. The minimum atomic E-state index is -0.389. The molecule has 0 amide bonds. The lowest BCUT2D eigenvalue weighted by atomic mass is 10.4. The van der Waals surface area contributed by atoms with Crippen molar-refractivity contribution < 1.29 is 4.42 Å². The van der Waals surface area contributed by atoms with Crippen LogP contribution >= 0.6 is 0 Å². The van der Waals surface area contributed by atoms with Crippen molar-refractivity contribution in [2.75, 3.05) is 0 Å². The van der Waals surface area contributed by atoms with E-state index in [1.165, 1.54) is 11.6 Å². The van der Waals surface area contributed by atoms with Gasteiger partial charge in [-0.15, -0.1) is 0 Å². The molecule has 8 nitrogen and oxygen atoms in total. The third-order valence-electron chi connectivity index (χ3n) is 4.05. The van der Waals surface area contributed by atoms with Gasteiger partial charge in [0.2, 0.25) is 0 Å². The van der Waals surface area contributed by atoms with Gasteiger partial charge >= 0.3 is 5.69 Å². The Morgan fingerprint density at radius 3 is 2.77 bits per heavy atom. The minimum absolute atomic E-state index is 0.360. The number of nitrogens with zero attached hydrogens (tertiary/aromatic N) is 5. The summed E-state index contributed by atoms with van der Waals surface area (Å²) >= 11 is 0. The molecule has 0 unspecified atom stereocenters. The zero-order chi connectivity index (χ0) is 15.4. The molecule has 0 N–H and O–H groups in total. The summed E-state index contributed by atoms with van der Waals surface area (Å²) in [6.07, 6.45) is 5.41. The zero-order valence-corrected chi connectivity index (χ0v) is 12.3. The van der Waals surface area contributed by atoms with Crippen LogP contribution in [-0.2, 0) is 20.6 Å². The van der Waals surface area contributed by atoms with Gasteiger partial charge in [0.15, 0.2) is 17.1 Å². The van der Waals surface area contributed by atoms with E-state index in [4.69, 9.17) is 4.42 Å². The Morgan fingerprint density at radius 1 is 1.27 bits per heavy atom. The SMILES string of the molecule is Cn1c(=O)c2c(ncn2Cc2coc(C3CC3)n2)n(C)c1=O. The number of hydrogen-bond acceptors (Lipinski definition) is 5. The summed E-state index contributed by atoms with van der Waals surface area (Å²) in [7, 11) is 3.06. The first kappa shape index (κ1) is 13.1. The molecule has 1 saturated carbocycles. The third kappa shape index (κ3) is 1.83. The Hall–Kier alpha value is -2.64. The molecule has 3 heterocycles. The lowest BCUT2D eigenvalue weighted by Gasteiger charge is -2.05. The maximum Gasteiger partial charge on any atom is 0.332 e. The number of imidazole rings is 1. The molecule has 0 bridgehead atoms. The van der Waals surface area contributed by atoms with E-state index in [1.54, 1.807) is 24.2 Å². The van der Waals surface area contributed by atoms with Crippen LogP contribution < -0.4 is 11.2 Å². The normalized spacial score (nSPS) is 14.8. The average Bonchev–Trinajstić information content (AvgIpc) is 3.12. The fourth-order valence-electron chi connectivity index (χ4n) is 2.60. The summed E-state index contributed by atoms with van der Waals surface area (Å²) in [5, 5.41) is 0. The van der Waals surface area contributed by atoms with Crippen LogP contribution in [0.15, 0.2) is 26.6 Å². The van der Waals surface area contributed by atoms with Crippen LogP contribution in [0.2, 0.25) is 0 Å². The number of hydrogen-bond donors (Lipinski definition) is 0. The molecule has 22 heavy (non-hydrogen) atoms. The predicted molar refractivity (Wildman–Crippen MR) is 77.8 cm³/mol. The second kappa shape index (κ2) is 4.43. The van der Waals surface area contributed by atoms with Crippen molar-refractivity contribution in [3.63, 3.8) is 0 Å². The van der Waals surface area contributed by atoms with Crippen molar-refractivity contribution in [3.05, 3.63) is 45.0 Å². The van der Waals surface area contributed by atoms with E-state index in [9.17, 15) is 9.59 Å². The molecular formula is C14H15N5O3. The van der Waals surface area contributed by atoms with Gasteiger partial charge in [-0.3, -0.25) is 13.9 Å². The van der Waals surface area contributed by atoms with Crippen molar-refractivity contribution in [2.24, 2.45) is 14.1 Å². The molecule has 1 aliphatic carbocycles. The van der Waals surface area contributed by atoms with Crippen LogP contribution in [0.3, 0.4) is 0 Å². The number of rotatable bonds is 3. The largest absolute Gasteiger partial charge is 0.448 e. The van der Waals surface area contributed by atoms with Crippen LogP contribution in [-0.4, -0.2) is 23.7 Å². The number of oxazole rings is 1. The molecule has 4 rings (SSSR count). The summed E-state index contributed by atoms with van der Waals surface area (Å²) in [6, 6.07) is 0. The Bertz CT molecular complexity index is 986. The topological polar surface area (TPSA) is 87.8 Å². The van der Waals surface area contributed by atoms with Gasteiger partial charge in [0.1, 0.15) is 6.26 Å². The van der Waals surface area contributed by atoms with E-state index in [1.807, 2.05) is 0 Å². The van der Waals surface area contributed by atoms with E-state index in [0.717, 1.165) is 29.0 Å². The van der Waals surface area contributed by atoms with Crippen molar-refractivity contribution in [2.45, 2.75) is 25.3 Å². The Morgan fingerprint density at radius 2 is 2.05 bits per heavy atom. The summed E-state index contributed by atoms with van der Waals surface area (Å²) in [6.45, 7) is 0.389. The number of aryl methyl sites for hydroxylation is 1. The van der Waals surface area contributed by atoms with Crippen LogP contribution in [0.1, 0.15) is 30.3 Å². The quantitative estimate of drug-likeness (QED) is 0.696. The first-order valence-electron chi connectivity index (χ1n) is 7.11. The molecule has 0 saturated heterocycles. The maximum absolute atomic E-state index is 12.3. The molecule has 0 spiro atoms. The van der Waals surface area contributed by atoms with Gasteiger partial charge in [0, 0.05) is 20.0 Å². The van der Waals surface area contributed by atoms with E-state index in [2.05, 4.69) is 9.97 Å². The van der Waals surface area contributed by atoms with Crippen LogP contribution in [0.5, 0.6) is 0 Å². The minimum Gasteiger partial charge on any atom is -0.448 e. The summed E-state index contributed by atoms with van der Waals surface area (Å²) in [5.74, 6) is 1.21. The monoisotopic (exact) mass is 301 g/mol. The molecule has 3 aromatic heterocycles. The molecule has 0 atom stereocenters. The van der Waals surface area contributed by atoms with Crippen molar-refractivity contribution >= 4 is 11.2 Å². The predicted octanol–water partition coefficient (Wildman–Crippen LogP) is 0.347.